The molecule has 0 amide bonds. The Bertz CT molecular complexity index is 1400. The second kappa shape index (κ2) is 8.47. The van der Waals surface area contributed by atoms with Crippen LogP contribution in [0.3, 0.4) is 0 Å². The molecule has 2 heterocycles. The van der Waals surface area contributed by atoms with E-state index in [1.54, 1.807) is 49.6 Å². The molecule has 3 aromatic carbocycles. The molecule has 1 aromatic heterocycles. The molecule has 1 aliphatic heterocycles. The van der Waals surface area contributed by atoms with Gasteiger partial charge in [0.15, 0.2) is 5.76 Å². The zero-order chi connectivity index (χ0) is 22.9. The Balaban J connectivity index is 1.42. The lowest BCUT2D eigenvalue weighted by Crippen LogP contribution is -1.98. The third-order valence-electron chi connectivity index (χ3n) is 5.74. The minimum Gasteiger partial charge on any atom is -0.497 e. The van der Waals surface area contributed by atoms with Crippen molar-refractivity contribution in [2.75, 3.05) is 7.11 Å². The zero-order valence-electron chi connectivity index (χ0n) is 18.3. The maximum absolute atomic E-state index is 13.8. The third-order valence-corrected chi connectivity index (χ3v) is 5.74. The fraction of sp³-hybridized carbons (Fsp3) is 0.148. The topological polar surface area (TPSA) is 49.7 Å². The predicted molar refractivity (Wildman–Crippen MR) is 124 cm³/mol. The second-order valence-corrected chi connectivity index (χ2v) is 7.73. The number of nitrogens with zero attached hydrogens (tertiary/aromatic N) is 1. The molecule has 0 unspecified atom stereocenters. The first kappa shape index (κ1) is 20.8. The molecule has 0 aliphatic carbocycles. The maximum atomic E-state index is 13.8. The van der Waals surface area contributed by atoms with Gasteiger partial charge in [-0.3, -0.25) is 4.79 Å². The maximum Gasteiger partial charge on any atom is 0.231 e. The average Bonchev–Trinajstić information content (AvgIpc) is 3.35. The molecular formula is C27H22FNO4. The largest absolute Gasteiger partial charge is 0.497 e. The number of Topliss-reactive ketones (excluding diaryl/α,β-unsaturated/α-hetero) is 1. The number of carbonyl (C=O) groups is 1. The van der Waals surface area contributed by atoms with Gasteiger partial charge in [-0.2, -0.15) is 0 Å². The summed E-state index contributed by atoms with van der Waals surface area (Å²) >= 11 is 0. The number of aryl methyl sites for hydroxylation is 1. The Labute approximate surface area is 190 Å². The van der Waals surface area contributed by atoms with Gasteiger partial charge in [0.1, 0.15) is 29.7 Å². The number of hydrogen-bond acceptors (Lipinski definition) is 4. The smallest absolute Gasteiger partial charge is 0.231 e. The summed E-state index contributed by atoms with van der Waals surface area (Å²) in [5, 5.41) is 0.977. The lowest BCUT2D eigenvalue weighted by molar-refractivity contribution is 0.101. The zero-order valence-corrected chi connectivity index (χ0v) is 18.3. The summed E-state index contributed by atoms with van der Waals surface area (Å²) < 4.78 is 33.0. The molecule has 0 saturated heterocycles. The Morgan fingerprint density at radius 2 is 1.88 bits per heavy atom. The summed E-state index contributed by atoms with van der Waals surface area (Å²) in [7, 11) is 1.63. The second-order valence-electron chi connectivity index (χ2n) is 7.73. The molecule has 0 saturated carbocycles. The molecule has 0 spiro atoms. The SMILES string of the molecule is CCn1cc(/C=C2\Oc3cc(OCc4ccccc4F)ccc3C2=O)c2cc(OC)ccc21. The van der Waals surface area contributed by atoms with Crippen LogP contribution in [0.25, 0.3) is 17.0 Å². The van der Waals surface area contributed by atoms with Crippen molar-refractivity contribution in [3.05, 3.63) is 95.1 Å². The van der Waals surface area contributed by atoms with Crippen molar-refractivity contribution in [3.63, 3.8) is 0 Å². The number of carbonyl (C=O) groups excluding carboxylic acids is 1. The molecule has 33 heavy (non-hydrogen) atoms. The first-order valence-corrected chi connectivity index (χ1v) is 10.7. The van der Waals surface area contributed by atoms with E-state index in [0.717, 1.165) is 28.8 Å². The highest BCUT2D eigenvalue weighted by atomic mass is 19.1. The fourth-order valence-electron chi connectivity index (χ4n) is 3.98. The first-order chi connectivity index (χ1) is 16.1. The predicted octanol–water partition coefficient (Wildman–Crippen LogP) is 6.00. The molecular weight excluding hydrogens is 421 g/mol. The van der Waals surface area contributed by atoms with Crippen LogP contribution in [0.1, 0.15) is 28.4 Å². The Hall–Kier alpha value is -4.06. The summed E-state index contributed by atoms with van der Waals surface area (Å²) in [5.41, 5.74) is 2.85. The lowest BCUT2D eigenvalue weighted by atomic mass is 10.1. The van der Waals surface area contributed by atoms with E-state index in [0.29, 0.717) is 22.6 Å². The van der Waals surface area contributed by atoms with Crippen LogP contribution in [0, 0.1) is 5.82 Å². The van der Waals surface area contributed by atoms with E-state index in [1.165, 1.54) is 6.07 Å². The van der Waals surface area contributed by atoms with Crippen molar-refractivity contribution in [3.8, 4) is 17.2 Å². The van der Waals surface area contributed by atoms with Gasteiger partial charge in [0.25, 0.3) is 0 Å². The van der Waals surface area contributed by atoms with Gasteiger partial charge in [-0.15, -0.1) is 0 Å². The van der Waals surface area contributed by atoms with Crippen molar-refractivity contribution in [2.45, 2.75) is 20.1 Å². The Kier molecular flexibility index (Phi) is 5.34. The standard InChI is InChI=1S/C27H22FNO4/c1-3-29-15-18(22-13-19(31-2)9-11-24(22)29)12-26-27(30)21-10-8-20(14-25(21)33-26)32-16-17-6-4-5-7-23(17)28/h4-15H,3,16H2,1-2H3/b26-12-. The van der Waals surface area contributed by atoms with Crippen LogP contribution in [0.5, 0.6) is 17.2 Å². The van der Waals surface area contributed by atoms with E-state index in [2.05, 4.69) is 11.5 Å². The van der Waals surface area contributed by atoms with Crippen molar-refractivity contribution in [1.29, 1.82) is 0 Å². The van der Waals surface area contributed by atoms with E-state index in [1.807, 2.05) is 24.4 Å². The van der Waals surface area contributed by atoms with Gasteiger partial charge in [0.05, 0.1) is 12.7 Å². The van der Waals surface area contributed by atoms with Crippen LogP contribution in [0.2, 0.25) is 0 Å². The number of hydrogen-bond donors (Lipinski definition) is 0. The fourth-order valence-corrected chi connectivity index (χ4v) is 3.98. The molecule has 0 radical (unpaired) electrons. The monoisotopic (exact) mass is 443 g/mol. The molecule has 5 rings (SSSR count). The Morgan fingerprint density at radius 1 is 1.06 bits per heavy atom. The van der Waals surface area contributed by atoms with E-state index in [9.17, 15) is 9.18 Å². The number of aromatic nitrogens is 1. The number of allylic oxidation sites excluding steroid dienone is 1. The van der Waals surface area contributed by atoms with Crippen LogP contribution >= 0.6 is 0 Å². The molecule has 0 fully saturated rings. The number of methoxy groups -OCH3 is 1. The van der Waals surface area contributed by atoms with Crippen LogP contribution in [0.4, 0.5) is 4.39 Å². The first-order valence-electron chi connectivity index (χ1n) is 10.7. The van der Waals surface area contributed by atoms with Gasteiger partial charge in [-0.1, -0.05) is 18.2 Å². The minimum absolute atomic E-state index is 0.0838. The summed E-state index contributed by atoms with van der Waals surface area (Å²) in [5.74, 6) is 1.40. The van der Waals surface area contributed by atoms with E-state index in [-0.39, 0.29) is 24.0 Å². The molecule has 4 aromatic rings. The van der Waals surface area contributed by atoms with Crippen LogP contribution in [-0.4, -0.2) is 17.5 Å². The number of ether oxygens (including phenoxy) is 3. The van der Waals surface area contributed by atoms with Crippen molar-refractivity contribution in [1.82, 2.24) is 4.57 Å². The van der Waals surface area contributed by atoms with Gasteiger partial charge in [0, 0.05) is 40.8 Å². The molecule has 0 N–H and O–H groups in total. The number of halogens is 1. The molecule has 5 nitrogen and oxygen atoms in total. The molecule has 6 heteroatoms. The molecule has 0 bridgehead atoms. The quantitative estimate of drug-likeness (QED) is 0.343. The van der Waals surface area contributed by atoms with E-state index < -0.39 is 0 Å². The summed E-state index contributed by atoms with van der Waals surface area (Å²) in [6.07, 6.45) is 3.76. The summed E-state index contributed by atoms with van der Waals surface area (Å²) in [4.78, 5) is 13.0. The van der Waals surface area contributed by atoms with Crippen LogP contribution < -0.4 is 14.2 Å². The number of ketones is 1. The summed E-state index contributed by atoms with van der Waals surface area (Å²) in [6.45, 7) is 2.95. The van der Waals surface area contributed by atoms with Crippen molar-refractivity contribution < 1.29 is 23.4 Å². The normalized spacial score (nSPS) is 13.9. The van der Waals surface area contributed by atoms with Crippen LogP contribution in [0.15, 0.2) is 72.6 Å². The van der Waals surface area contributed by atoms with Gasteiger partial charge < -0.3 is 18.8 Å². The van der Waals surface area contributed by atoms with Gasteiger partial charge in [-0.05, 0) is 49.4 Å². The van der Waals surface area contributed by atoms with Gasteiger partial charge >= 0.3 is 0 Å². The number of benzene rings is 3. The molecule has 166 valence electrons. The highest BCUT2D eigenvalue weighted by Crippen LogP contribution is 2.36. The highest BCUT2D eigenvalue weighted by Gasteiger charge is 2.28. The average molecular weight is 443 g/mol. The highest BCUT2D eigenvalue weighted by molar-refractivity contribution is 6.15. The van der Waals surface area contributed by atoms with Gasteiger partial charge in [0.2, 0.25) is 5.78 Å². The van der Waals surface area contributed by atoms with Crippen LogP contribution in [-0.2, 0) is 13.2 Å². The Morgan fingerprint density at radius 3 is 2.67 bits per heavy atom. The third kappa shape index (κ3) is 3.84. The number of rotatable bonds is 6. The van der Waals surface area contributed by atoms with Crippen molar-refractivity contribution in [2.24, 2.45) is 0 Å². The van der Waals surface area contributed by atoms with E-state index >= 15 is 0 Å². The van der Waals surface area contributed by atoms with Crippen molar-refractivity contribution >= 4 is 22.8 Å². The lowest BCUT2D eigenvalue weighted by Gasteiger charge is -2.08. The van der Waals surface area contributed by atoms with E-state index in [4.69, 9.17) is 14.2 Å². The van der Waals surface area contributed by atoms with Gasteiger partial charge in [-0.25, -0.2) is 4.39 Å². The minimum atomic E-state index is -0.321. The summed E-state index contributed by atoms with van der Waals surface area (Å²) in [6, 6.07) is 17.4. The molecule has 1 aliphatic rings. The molecule has 0 atom stereocenters. The number of fused-ring (bicyclic) bond motifs is 2.